The highest BCUT2D eigenvalue weighted by Crippen LogP contribution is 2.41. The first-order valence-corrected chi connectivity index (χ1v) is 10.8. The average molecular weight is 504 g/mol. The molecule has 12 heteroatoms. The van der Waals surface area contributed by atoms with E-state index >= 15 is 0 Å². The van der Waals surface area contributed by atoms with E-state index in [0.29, 0.717) is 18.9 Å². The molecule has 1 unspecified atom stereocenters. The molecule has 36 heavy (non-hydrogen) atoms. The molecule has 0 N–H and O–H groups in total. The summed E-state index contributed by atoms with van der Waals surface area (Å²) in [6.45, 7) is 7.21. The predicted molar refractivity (Wildman–Crippen MR) is 123 cm³/mol. The maximum absolute atomic E-state index is 13.5. The molecular formula is C24H23F3N4O5. The fourth-order valence-corrected chi connectivity index (χ4v) is 3.11. The largest absolute Gasteiger partial charge is 0.477 e. The van der Waals surface area contributed by atoms with Crippen molar-refractivity contribution in [3.8, 4) is 17.5 Å². The standard InChI is InChI=1S/C24H23F3N4O5/c1-3-5-12-19(35-15-16-10-8-7-9-11-16)22-29-30-23(36-22)20-18(31(32)33)14-17(24(25,26)27)21(28-20)34-13-6-4-2/h3-4,7-11,14,19H,1-2,5-6,12-13,15H2. The Morgan fingerprint density at radius 1 is 1.14 bits per heavy atom. The van der Waals surface area contributed by atoms with Crippen LogP contribution in [0.4, 0.5) is 18.9 Å². The third kappa shape index (κ3) is 6.75. The zero-order valence-corrected chi connectivity index (χ0v) is 19.1. The van der Waals surface area contributed by atoms with E-state index in [4.69, 9.17) is 13.9 Å². The van der Waals surface area contributed by atoms with Crippen molar-refractivity contribution in [2.24, 2.45) is 0 Å². The van der Waals surface area contributed by atoms with Crippen molar-refractivity contribution in [2.45, 2.75) is 38.1 Å². The van der Waals surface area contributed by atoms with Gasteiger partial charge < -0.3 is 13.9 Å². The Balaban J connectivity index is 1.98. The number of nitro groups is 1. The molecule has 0 saturated carbocycles. The van der Waals surface area contributed by atoms with Gasteiger partial charge in [0, 0.05) is 6.07 Å². The molecule has 2 aromatic heterocycles. The molecule has 3 aromatic rings. The highest BCUT2D eigenvalue weighted by Gasteiger charge is 2.39. The number of nitrogens with zero attached hydrogens (tertiary/aromatic N) is 4. The lowest BCUT2D eigenvalue weighted by molar-refractivity contribution is -0.384. The van der Waals surface area contributed by atoms with E-state index in [1.807, 2.05) is 30.3 Å². The minimum Gasteiger partial charge on any atom is -0.477 e. The van der Waals surface area contributed by atoms with Crippen molar-refractivity contribution < 1.29 is 32.0 Å². The van der Waals surface area contributed by atoms with Crippen molar-refractivity contribution in [1.29, 1.82) is 0 Å². The number of pyridine rings is 1. The van der Waals surface area contributed by atoms with Crippen LogP contribution in [0.2, 0.25) is 0 Å². The fourth-order valence-electron chi connectivity index (χ4n) is 3.11. The summed E-state index contributed by atoms with van der Waals surface area (Å²) in [5.41, 5.74) is -2.01. The zero-order valence-electron chi connectivity index (χ0n) is 19.1. The van der Waals surface area contributed by atoms with Crippen LogP contribution in [0.1, 0.15) is 42.4 Å². The number of hydrogen-bond donors (Lipinski definition) is 0. The number of ether oxygens (including phenoxy) is 2. The van der Waals surface area contributed by atoms with Crippen LogP contribution in [0.3, 0.4) is 0 Å². The molecule has 0 saturated heterocycles. The van der Waals surface area contributed by atoms with Crippen LogP contribution < -0.4 is 4.74 Å². The lowest BCUT2D eigenvalue weighted by Crippen LogP contribution is -2.12. The van der Waals surface area contributed by atoms with Gasteiger partial charge in [0.05, 0.1) is 18.1 Å². The minimum atomic E-state index is -4.94. The van der Waals surface area contributed by atoms with Gasteiger partial charge in [-0.1, -0.05) is 42.5 Å². The average Bonchev–Trinajstić information content (AvgIpc) is 3.34. The predicted octanol–water partition coefficient (Wildman–Crippen LogP) is 6.24. The smallest absolute Gasteiger partial charge is 0.421 e. The van der Waals surface area contributed by atoms with Crippen molar-refractivity contribution in [1.82, 2.24) is 15.2 Å². The number of hydrogen-bond acceptors (Lipinski definition) is 8. The van der Waals surface area contributed by atoms with Gasteiger partial charge in [-0.15, -0.1) is 23.4 Å². The van der Waals surface area contributed by atoms with E-state index in [9.17, 15) is 23.3 Å². The number of allylic oxidation sites excluding steroid dienone is 1. The Morgan fingerprint density at radius 2 is 1.86 bits per heavy atom. The summed E-state index contributed by atoms with van der Waals surface area (Å²) in [5.74, 6) is -1.29. The van der Waals surface area contributed by atoms with Crippen molar-refractivity contribution in [2.75, 3.05) is 6.61 Å². The third-order valence-corrected chi connectivity index (χ3v) is 4.88. The maximum Gasteiger partial charge on any atom is 0.421 e. The maximum atomic E-state index is 13.5. The van der Waals surface area contributed by atoms with E-state index in [2.05, 4.69) is 28.3 Å². The second-order valence-corrected chi connectivity index (χ2v) is 7.49. The van der Waals surface area contributed by atoms with Gasteiger partial charge in [0.15, 0.2) is 0 Å². The summed E-state index contributed by atoms with van der Waals surface area (Å²) in [6, 6.07) is 9.65. The zero-order chi connectivity index (χ0) is 26.1. The van der Waals surface area contributed by atoms with Gasteiger partial charge in [0.1, 0.15) is 11.7 Å². The van der Waals surface area contributed by atoms with Gasteiger partial charge in [0.25, 0.3) is 5.89 Å². The van der Waals surface area contributed by atoms with E-state index in [0.717, 1.165) is 5.56 Å². The van der Waals surface area contributed by atoms with E-state index in [1.54, 1.807) is 6.08 Å². The first-order valence-electron chi connectivity index (χ1n) is 10.8. The highest BCUT2D eigenvalue weighted by atomic mass is 19.4. The summed E-state index contributed by atoms with van der Waals surface area (Å²) >= 11 is 0. The van der Waals surface area contributed by atoms with Crippen LogP contribution in [-0.2, 0) is 17.5 Å². The number of halogens is 3. The van der Waals surface area contributed by atoms with Crippen LogP contribution in [0.15, 0.2) is 66.1 Å². The lowest BCUT2D eigenvalue weighted by Gasteiger charge is -2.14. The SMILES string of the molecule is C=CCCOc1nc(-c2nnc(C(CCC=C)OCc3ccccc3)o2)c([N+](=O)[O-])cc1C(F)(F)F. The van der Waals surface area contributed by atoms with Gasteiger partial charge in [0.2, 0.25) is 17.5 Å². The van der Waals surface area contributed by atoms with Gasteiger partial charge in [-0.05, 0) is 24.8 Å². The van der Waals surface area contributed by atoms with Crippen molar-refractivity contribution in [3.05, 3.63) is 88.8 Å². The molecule has 1 atom stereocenters. The Morgan fingerprint density at radius 3 is 2.50 bits per heavy atom. The summed E-state index contributed by atoms with van der Waals surface area (Å²) in [7, 11) is 0. The molecule has 0 spiro atoms. The Kier molecular flexibility index (Phi) is 8.90. The second-order valence-electron chi connectivity index (χ2n) is 7.49. The van der Waals surface area contributed by atoms with E-state index in [1.165, 1.54) is 6.08 Å². The lowest BCUT2D eigenvalue weighted by atomic mass is 10.2. The molecule has 0 aliphatic carbocycles. The highest BCUT2D eigenvalue weighted by molar-refractivity contribution is 5.64. The molecule has 2 heterocycles. The number of aromatic nitrogens is 3. The van der Waals surface area contributed by atoms with Crippen LogP contribution >= 0.6 is 0 Å². The Hall–Kier alpha value is -4.06. The van der Waals surface area contributed by atoms with Crippen LogP contribution in [-0.4, -0.2) is 26.7 Å². The summed E-state index contributed by atoms with van der Waals surface area (Å²) in [4.78, 5) is 14.4. The number of alkyl halides is 3. The van der Waals surface area contributed by atoms with Crippen LogP contribution in [0, 0.1) is 10.1 Å². The molecule has 0 fully saturated rings. The molecule has 0 bridgehead atoms. The van der Waals surface area contributed by atoms with Gasteiger partial charge in [-0.2, -0.15) is 13.2 Å². The fraction of sp³-hybridized carbons (Fsp3) is 0.292. The van der Waals surface area contributed by atoms with Crippen LogP contribution in [0.5, 0.6) is 5.88 Å². The molecule has 190 valence electrons. The summed E-state index contributed by atoms with van der Waals surface area (Å²) < 4.78 is 57.3. The van der Waals surface area contributed by atoms with Crippen molar-refractivity contribution >= 4 is 5.69 Å². The molecule has 3 rings (SSSR count). The molecule has 0 amide bonds. The van der Waals surface area contributed by atoms with E-state index < -0.39 is 45.9 Å². The molecule has 0 aliphatic heterocycles. The van der Waals surface area contributed by atoms with Gasteiger partial charge >= 0.3 is 11.9 Å². The number of rotatable bonds is 13. The summed E-state index contributed by atoms with van der Waals surface area (Å²) in [6.07, 6.45) is -1.33. The van der Waals surface area contributed by atoms with Gasteiger partial charge in [-0.3, -0.25) is 10.1 Å². The normalized spacial score (nSPS) is 12.2. The van der Waals surface area contributed by atoms with Crippen LogP contribution in [0.25, 0.3) is 11.6 Å². The Bertz CT molecular complexity index is 1200. The molecular weight excluding hydrogens is 481 g/mol. The molecule has 0 radical (unpaired) electrons. The monoisotopic (exact) mass is 504 g/mol. The topological polar surface area (TPSA) is 113 Å². The summed E-state index contributed by atoms with van der Waals surface area (Å²) in [5, 5.41) is 19.3. The minimum absolute atomic E-state index is 0.00657. The van der Waals surface area contributed by atoms with Gasteiger partial charge in [-0.25, -0.2) is 4.98 Å². The van der Waals surface area contributed by atoms with E-state index in [-0.39, 0.29) is 25.5 Å². The Labute approximate surface area is 204 Å². The molecule has 0 aliphatic rings. The quantitative estimate of drug-likeness (QED) is 0.116. The first-order chi connectivity index (χ1) is 17.2. The third-order valence-electron chi connectivity index (χ3n) is 4.88. The van der Waals surface area contributed by atoms with Crippen molar-refractivity contribution in [3.63, 3.8) is 0 Å². The second kappa shape index (κ2) is 12.1. The number of benzene rings is 1. The molecule has 1 aromatic carbocycles. The first kappa shape index (κ1) is 26.5. The molecule has 9 nitrogen and oxygen atoms in total.